The van der Waals surface area contributed by atoms with Gasteiger partial charge in [0.2, 0.25) is 0 Å². The van der Waals surface area contributed by atoms with Gasteiger partial charge in [0, 0.05) is 19.0 Å². The van der Waals surface area contributed by atoms with Crippen LogP contribution < -0.4 is 0 Å². The molecule has 2 unspecified atom stereocenters. The van der Waals surface area contributed by atoms with Crippen molar-refractivity contribution < 1.29 is 23.1 Å². The molecule has 31 heavy (non-hydrogen) atoms. The van der Waals surface area contributed by atoms with Crippen LogP contribution in [0.15, 0.2) is 48.5 Å². The molecule has 3 rings (SSSR count). The maximum absolute atomic E-state index is 13.0. The summed E-state index contributed by atoms with van der Waals surface area (Å²) >= 11 is 0. The molecule has 0 radical (unpaired) electrons. The Bertz CT molecular complexity index is 883. The van der Waals surface area contributed by atoms with Crippen LogP contribution in [0, 0.1) is 5.92 Å². The Morgan fingerprint density at radius 1 is 1.00 bits per heavy atom. The fourth-order valence-electron chi connectivity index (χ4n) is 4.29. The van der Waals surface area contributed by atoms with Crippen LogP contribution in [0.3, 0.4) is 0 Å². The van der Waals surface area contributed by atoms with E-state index in [-0.39, 0.29) is 23.8 Å². The highest BCUT2D eigenvalue weighted by Crippen LogP contribution is 2.38. The number of benzene rings is 2. The lowest BCUT2D eigenvalue weighted by Gasteiger charge is -2.39. The lowest BCUT2D eigenvalue weighted by molar-refractivity contribution is -0.139. The van der Waals surface area contributed by atoms with E-state index in [2.05, 4.69) is 49.9 Å². The molecule has 0 bridgehead atoms. The fourth-order valence-corrected chi connectivity index (χ4v) is 4.29. The third-order valence-electron chi connectivity index (χ3n) is 6.11. The predicted octanol–water partition coefficient (Wildman–Crippen LogP) is 6.43. The van der Waals surface area contributed by atoms with Crippen LogP contribution in [0.25, 0.3) is 0 Å². The minimum absolute atomic E-state index is 0.0179. The predicted molar refractivity (Wildman–Crippen MR) is 115 cm³/mol. The van der Waals surface area contributed by atoms with Gasteiger partial charge in [0.15, 0.2) is 0 Å². The molecule has 6 heteroatoms. The quantitative estimate of drug-likeness (QED) is 0.591. The van der Waals surface area contributed by atoms with Gasteiger partial charge in [-0.1, -0.05) is 57.2 Å². The minimum atomic E-state index is -4.37. The van der Waals surface area contributed by atoms with E-state index in [4.69, 9.17) is 0 Å². The van der Waals surface area contributed by atoms with Gasteiger partial charge in [-0.05, 0) is 59.5 Å². The van der Waals surface area contributed by atoms with Gasteiger partial charge in [-0.3, -0.25) is 9.69 Å². The topological polar surface area (TPSA) is 40.5 Å². The molecule has 1 saturated heterocycles. The monoisotopic (exact) mass is 433 g/mol. The summed E-state index contributed by atoms with van der Waals surface area (Å²) in [5.41, 5.74) is 2.58. The Morgan fingerprint density at radius 3 is 2.10 bits per heavy atom. The third kappa shape index (κ3) is 6.10. The first kappa shape index (κ1) is 23.3. The summed E-state index contributed by atoms with van der Waals surface area (Å²) in [5, 5.41) is 9.20. The van der Waals surface area contributed by atoms with Gasteiger partial charge in [0.05, 0.1) is 5.56 Å². The Morgan fingerprint density at radius 2 is 1.58 bits per heavy atom. The average molecular weight is 434 g/mol. The summed E-state index contributed by atoms with van der Waals surface area (Å²) in [6.45, 7) is 7.88. The smallest absolute Gasteiger partial charge is 0.416 e. The molecule has 0 saturated carbocycles. The Balaban J connectivity index is 1.82. The largest absolute Gasteiger partial charge is 0.481 e. The standard InChI is InChI=1S/C25H30F3NO2/c1-24(2,3)20-8-4-17(5-9-20)16-29-13-12-18(15-23(30)31)14-22(29)19-6-10-21(11-7-19)25(26,27)28/h4-11,18,22H,12-16H2,1-3H3,(H,30,31). The van der Waals surface area contributed by atoms with Crippen molar-refractivity contribution in [3.63, 3.8) is 0 Å². The number of carboxylic acid groups (broad SMARTS) is 1. The molecule has 0 aromatic heterocycles. The molecule has 1 heterocycles. The molecule has 0 aliphatic carbocycles. The molecule has 1 aliphatic heterocycles. The van der Waals surface area contributed by atoms with Crippen molar-refractivity contribution in [2.75, 3.05) is 6.54 Å². The SMILES string of the molecule is CC(C)(C)c1ccc(CN2CCC(CC(=O)O)CC2c2ccc(C(F)(F)F)cc2)cc1. The number of hydrogen-bond donors (Lipinski definition) is 1. The van der Waals surface area contributed by atoms with Crippen LogP contribution in [-0.4, -0.2) is 22.5 Å². The zero-order valence-corrected chi connectivity index (χ0v) is 18.2. The summed E-state index contributed by atoms with van der Waals surface area (Å²) in [7, 11) is 0. The molecule has 1 N–H and O–H groups in total. The second-order valence-electron chi connectivity index (χ2n) is 9.54. The molecule has 0 amide bonds. The summed E-state index contributed by atoms with van der Waals surface area (Å²) in [6.07, 6.45) is -2.89. The molecular weight excluding hydrogens is 403 g/mol. The maximum Gasteiger partial charge on any atom is 0.416 e. The Hall–Kier alpha value is -2.34. The van der Waals surface area contributed by atoms with Crippen molar-refractivity contribution in [2.24, 2.45) is 5.92 Å². The molecule has 1 fully saturated rings. The van der Waals surface area contributed by atoms with Crippen molar-refractivity contribution in [1.82, 2.24) is 4.90 Å². The van der Waals surface area contributed by atoms with Gasteiger partial charge in [-0.15, -0.1) is 0 Å². The summed E-state index contributed by atoms with van der Waals surface area (Å²) in [6, 6.07) is 13.7. The van der Waals surface area contributed by atoms with Crippen molar-refractivity contribution in [3.05, 3.63) is 70.8 Å². The van der Waals surface area contributed by atoms with E-state index in [0.29, 0.717) is 19.5 Å². The highest BCUT2D eigenvalue weighted by molar-refractivity contribution is 5.67. The molecule has 0 spiro atoms. The number of nitrogens with zero attached hydrogens (tertiary/aromatic N) is 1. The zero-order valence-electron chi connectivity index (χ0n) is 18.2. The number of carboxylic acids is 1. The van der Waals surface area contributed by atoms with Crippen molar-refractivity contribution >= 4 is 5.97 Å². The molecule has 2 aromatic carbocycles. The van der Waals surface area contributed by atoms with Gasteiger partial charge in [-0.25, -0.2) is 0 Å². The second-order valence-corrected chi connectivity index (χ2v) is 9.54. The second kappa shape index (κ2) is 9.03. The average Bonchev–Trinajstić information content (AvgIpc) is 2.68. The number of piperidine rings is 1. The number of likely N-dealkylation sites (tertiary alicyclic amines) is 1. The highest BCUT2D eigenvalue weighted by Gasteiger charge is 2.33. The van der Waals surface area contributed by atoms with Crippen molar-refractivity contribution in [3.8, 4) is 0 Å². The normalized spacial score (nSPS) is 20.6. The number of carbonyl (C=O) groups is 1. The number of hydrogen-bond acceptors (Lipinski definition) is 2. The van der Waals surface area contributed by atoms with E-state index >= 15 is 0 Å². The number of aliphatic carboxylic acids is 1. The molecule has 168 valence electrons. The maximum atomic E-state index is 13.0. The Labute approximate surface area is 181 Å². The van der Waals surface area contributed by atoms with Crippen LogP contribution in [0.4, 0.5) is 13.2 Å². The van der Waals surface area contributed by atoms with E-state index in [0.717, 1.165) is 29.7 Å². The lowest BCUT2D eigenvalue weighted by Crippen LogP contribution is -2.37. The van der Waals surface area contributed by atoms with Gasteiger partial charge in [0.25, 0.3) is 0 Å². The molecule has 2 aromatic rings. The molecule has 2 atom stereocenters. The van der Waals surface area contributed by atoms with Crippen LogP contribution in [0.2, 0.25) is 0 Å². The Kier molecular flexibility index (Phi) is 6.79. The number of alkyl halides is 3. The van der Waals surface area contributed by atoms with E-state index in [1.54, 1.807) is 0 Å². The number of halogens is 3. The van der Waals surface area contributed by atoms with E-state index in [1.807, 2.05) is 0 Å². The first-order valence-electron chi connectivity index (χ1n) is 10.7. The minimum Gasteiger partial charge on any atom is -0.481 e. The van der Waals surface area contributed by atoms with Gasteiger partial charge < -0.3 is 5.11 Å². The fraction of sp³-hybridized carbons (Fsp3) is 0.480. The summed E-state index contributed by atoms with van der Waals surface area (Å²) in [4.78, 5) is 13.5. The summed E-state index contributed by atoms with van der Waals surface area (Å²) < 4.78 is 38.9. The lowest BCUT2D eigenvalue weighted by atomic mass is 9.84. The molecule has 1 aliphatic rings. The third-order valence-corrected chi connectivity index (χ3v) is 6.11. The van der Waals surface area contributed by atoms with Gasteiger partial charge >= 0.3 is 12.1 Å². The van der Waals surface area contributed by atoms with Crippen molar-refractivity contribution in [2.45, 2.75) is 64.2 Å². The highest BCUT2D eigenvalue weighted by atomic mass is 19.4. The van der Waals surface area contributed by atoms with E-state index < -0.39 is 17.7 Å². The van der Waals surface area contributed by atoms with Crippen LogP contribution in [-0.2, 0) is 22.9 Å². The van der Waals surface area contributed by atoms with Crippen molar-refractivity contribution in [1.29, 1.82) is 0 Å². The zero-order chi connectivity index (χ0) is 22.8. The molecule has 3 nitrogen and oxygen atoms in total. The van der Waals surface area contributed by atoms with Crippen LogP contribution in [0.1, 0.15) is 68.3 Å². The van der Waals surface area contributed by atoms with Gasteiger partial charge in [0.1, 0.15) is 0 Å². The van der Waals surface area contributed by atoms with Crippen LogP contribution in [0.5, 0.6) is 0 Å². The van der Waals surface area contributed by atoms with Gasteiger partial charge in [-0.2, -0.15) is 13.2 Å². The van der Waals surface area contributed by atoms with E-state index in [1.165, 1.54) is 17.7 Å². The molecular formula is C25H30F3NO2. The van der Waals surface area contributed by atoms with E-state index in [9.17, 15) is 23.1 Å². The first-order valence-corrected chi connectivity index (χ1v) is 10.7. The first-order chi connectivity index (χ1) is 14.4. The van der Waals surface area contributed by atoms with Crippen LogP contribution >= 0.6 is 0 Å². The summed E-state index contributed by atoms with van der Waals surface area (Å²) in [5.74, 6) is -0.813. The number of rotatable bonds is 5.